The Bertz CT molecular complexity index is 965. The molecule has 0 aliphatic heterocycles. The zero-order valence-corrected chi connectivity index (χ0v) is 14.1. The molecule has 2 aromatic carbocycles. The monoisotopic (exact) mass is 359 g/mol. The van der Waals surface area contributed by atoms with Gasteiger partial charge in [0, 0.05) is 5.39 Å². The van der Waals surface area contributed by atoms with Gasteiger partial charge in [0.25, 0.3) is 0 Å². The molecular formula is C18H17NO5S. The third-order valence-electron chi connectivity index (χ3n) is 3.93. The summed E-state index contributed by atoms with van der Waals surface area (Å²) in [4.78, 5) is 11.0. The van der Waals surface area contributed by atoms with E-state index < -0.39 is 15.9 Å². The molecule has 1 atom stereocenters. The summed E-state index contributed by atoms with van der Waals surface area (Å²) >= 11 is 0. The summed E-state index contributed by atoms with van der Waals surface area (Å²) in [6.45, 7) is 0. The van der Waals surface area contributed by atoms with Crippen molar-refractivity contribution in [3.05, 3.63) is 72.0 Å². The van der Waals surface area contributed by atoms with Crippen LogP contribution >= 0.6 is 0 Å². The summed E-state index contributed by atoms with van der Waals surface area (Å²) in [5.41, 5.74) is 1.85. The Kier molecular flexibility index (Phi) is 4.87. The number of amides is 1. The Morgan fingerprint density at radius 1 is 1.12 bits per heavy atom. The van der Waals surface area contributed by atoms with Gasteiger partial charge < -0.3 is 4.42 Å². The van der Waals surface area contributed by atoms with Gasteiger partial charge in [0.2, 0.25) is 6.41 Å². The van der Waals surface area contributed by atoms with Gasteiger partial charge in [-0.1, -0.05) is 36.4 Å². The van der Waals surface area contributed by atoms with Gasteiger partial charge in [-0.05, 0) is 29.3 Å². The zero-order chi connectivity index (χ0) is 17.9. The number of carbonyl (C=O) groups is 1. The van der Waals surface area contributed by atoms with Gasteiger partial charge in [0.1, 0.15) is 5.58 Å². The lowest BCUT2D eigenvalue weighted by molar-refractivity contribution is -0.158. The van der Waals surface area contributed by atoms with Crippen molar-refractivity contribution in [3.8, 4) is 0 Å². The molecule has 6 nitrogen and oxygen atoms in total. The molecule has 0 saturated heterocycles. The molecule has 130 valence electrons. The van der Waals surface area contributed by atoms with E-state index in [-0.39, 0.29) is 17.9 Å². The van der Waals surface area contributed by atoms with Crippen molar-refractivity contribution in [2.24, 2.45) is 0 Å². The summed E-state index contributed by atoms with van der Waals surface area (Å²) in [5.74, 6) is -0.570. The predicted molar refractivity (Wildman–Crippen MR) is 92.6 cm³/mol. The minimum atomic E-state index is -3.58. The van der Waals surface area contributed by atoms with Gasteiger partial charge in [-0.3, -0.25) is 10.0 Å². The smallest absolute Gasteiger partial charge is 0.233 e. The number of nitrogens with zero attached hydrogens (tertiary/aromatic N) is 1. The fourth-order valence-electron chi connectivity index (χ4n) is 2.73. The van der Waals surface area contributed by atoms with Crippen molar-refractivity contribution in [1.29, 1.82) is 0 Å². The molecule has 0 spiro atoms. The van der Waals surface area contributed by atoms with E-state index in [9.17, 15) is 18.4 Å². The van der Waals surface area contributed by atoms with Crippen LogP contribution in [0.5, 0.6) is 0 Å². The molecule has 1 N–H and O–H groups in total. The second-order valence-corrected chi connectivity index (χ2v) is 7.87. The molecule has 0 radical (unpaired) electrons. The number of furan rings is 1. The number of hydrogen-bond donors (Lipinski definition) is 1. The van der Waals surface area contributed by atoms with E-state index in [1.54, 1.807) is 60.9 Å². The summed E-state index contributed by atoms with van der Waals surface area (Å²) in [6.07, 6.45) is 1.76. The first-order valence-corrected chi connectivity index (χ1v) is 9.45. The molecule has 7 heteroatoms. The summed E-state index contributed by atoms with van der Waals surface area (Å²) < 4.78 is 30.4. The lowest BCUT2D eigenvalue weighted by Gasteiger charge is -2.22. The molecule has 1 aromatic heterocycles. The Labute approximate surface area is 145 Å². The number of fused-ring (bicyclic) bond motifs is 1. The van der Waals surface area contributed by atoms with Crippen molar-refractivity contribution in [2.75, 3.05) is 5.75 Å². The first kappa shape index (κ1) is 17.2. The number of benzene rings is 2. The topological polar surface area (TPSA) is 87.8 Å². The average Bonchev–Trinajstić information content (AvgIpc) is 3.07. The van der Waals surface area contributed by atoms with E-state index in [0.29, 0.717) is 21.8 Å². The zero-order valence-electron chi connectivity index (χ0n) is 13.3. The second kappa shape index (κ2) is 7.08. The van der Waals surface area contributed by atoms with Crippen LogP contribution < -0.4 is 0 Å². The van der Waals surface area contributed by atoms with Gasteiger partial charge in [-0.25, -0.2) is 13.5 Å². The summed E-state index contributed by atoms with van der Waals surface area (Å²) in [7, 11) is -3.58. The molecular weight excluding hydrogens is 342 g/mol. The Morgan fingerprint density at radius 3 is 2.60 bits per heavy atom. The molecule has 0 aliphatic carbocycles. The predicted octanol–water partition coefficient (Wildman–Crippen LogP) is 2.94. The molecule has 0 aliphatic rings. The Balaban J connectivity index is 1.83. The first-order valence-electron chi connectivity index (χ1n) is 7.62. The molecule has 1 amide bonds. The highest BCUT2D eigenvalue weighted by atomic mass is 32.2. The van der Waals surface area contributed by atoms with Crippen molar-refractivity contribution in [3.63, 3.8) is 0 Å². The first-order chi connectivity index (χ1) is 12.0. The third kappa shape index (κ3) is 4.07. The molecule has 0 saturated carbocycles. The Morgan fingerprint density at radius 2 is 1.88 bits per heavy atom. The van der Waals surface area contributed by atoms with E-state index in [4.69, 9.17) is 4.42 Å². The van der Waals surface area contributed by atoms with Crippen molar-refractivity contribution in [1.82, 2.24) is 5.06 Å². The van der Waals surface area contributed by atoms with Crippen molar-refractivity contribution in [2.45, 2.75) is 11.8 Å². The standard InChI is InChI=1S/C18H17NO5S/c20-13-19(21)17(15-4-2-1-3-5-15)12-25(22,23)11-14-6-7-18-16(10-14)8-9-24-18/h1-10,13,17,21H,11-12H2/t17-/m1/s1. The van der Waals surface area contributed by atoms with E-state index in [1.165, 1.54) is 0 Å². The molecule has 25 heavy (non-hydrogen) atoms. The van der Waals surface area contributed by atoms with Crippen LogP contribution in [0.4, 0.5) is 0 Å². The maximum absolute atomic E-state index is 12.6. The van der Waals surface area contributed by atoms with E-state index in [2.05, 4.69) is 0 Å². The molecule has 0 fully saturated rings. The largest absolute Gasteiger partial charge is 0.464 e. The maximum Gasteiger partial charge on any atom is 0.233 e. The quantitative estimate of drug-likeness (QED) is 0.398. The van der Waals surface area contributed by atoms with Crippen LogP contribution in [-0.2, 0) is 20.4 Å². The Hall–Kier alpha value is -2.64. The van der Waals surface area contributed by atoms with E-state index >= 15 is 0 Å². The van der Waals surface area contributed by atoms with Crippen LogP contribution in [0.15, 0.2) is 65.3 Å². The van der Waals surface area contributed by atoms with Crippen LogP contribution in [0.1, 0.15) is 17.2 Å². The van der Waals surface area contributed by atoms with Crippen LogP contribution in [0.3, 0.4) is 0 Å². The minimum absolute atomic E-state index is 0.190. The lowest BCUT2D eigenvalue weighted by Crippen LogP contribution is -2.30. The number of hydroxylamine groups is 2. The maximum atomic E-state index is 12.6. The minimum Gasteiger partial charge on any atom is -0.464 e. The van der Waals surface area contributed by atoms with Gasteiger partial charge in [0.15, 0.2) is 9.84 Å². The van der Waals surface area contributed by atoms with Gasteiger partial charge in [0.05, 0.1) is 23.8 Å². The molecule has 0 unspecified atom stereocenters. The van der Waals surface area contributed by atoms with E-state index in [1.807, 2.05) is 0 Å². The van der Waals surface area contributed by atoms with Crippen LogP contribution in [-0.4, -0.2) is 30.9 Å². The van der Waals surface area contributed by atoms with Gasteiger partial charge >= 0.3 is 0 Å². The SMILES string of the molecule is O=CN(O)[C@H](CS(=O)(=O)Cc1ccc2occc2c1)c1ccccc1. The number of sulfone groups is 1. The normalized spacial score (nSPS) is 12.8. The molecule has 0 bridgehead atoms. The van der Waals surface area contributed by atoms with Crippen LogP contribution in [0.25, 0.3) is 11.0 Å². The fraction of sp³-hybridized carbons (Fsp3) is 0.167. The van der Waals surface area contributed by atoms with Crippen LogP contribution in [0.2, 0.25) is 0 Å². The molecule has 3 aromatic rings. The fourth-order valence-corrected chi connectivity index (χ4v) is 4.36. The van der Waals surface area contributed by atoms with Crippen LogP contribution in [0, 0.1) is 0 Å². The highest BCUT2D eigenvalue weighted by Crippen LogP contribution is 2.23. The van der Waals surface area contributed by atoms with Gasteiger partial charge in [-0.2, -0.15) is 0 Å². The van der Waals surface area contributed by atoms with Crippen molar-refractivity contribution >= 4 is 27.2 Å². The third-order valence-corrected chi connectivity index (χ3v) is 5.52. The van der Waals surface area contributed by atoms with Crippen molar-refractivity contribution < 1.29 is 22.8 Å². The van der Waals surface area contributed by atoms with Gasteiger partial charge in [-0.15, -0.1) is 0 Å². The summed E-state index contributed by atoms with van der Waals surface area (Å²) in [5, 5.41) is 11.0. The number of hydrogen-bond acceptors (Lipinski definition) is 5. The molecule has 1 heterocycles. The van der Waals surface area contributed by atoms with E-state index in [0.717, 1.165) is 5.39 Å². The lowest BCUT2D eigenvalue weighted by atomic mass is 10.1. The summed E-state index contributed by atoms with van der Waals surface area (Å²) in [6, 6.07) is 14.5. The highest BCUT2D eigenvalue weighted by Gasteiger charge is 2.25. The average molecular weight is 359 g/mol. The number of rotatable bonds is 7. The second-order valence-electron chi connectivity index (χ2n) is 5.76. The molecule has 3 rings (SSSR count). The number of carbonyl (C=O) groups excluding carboxylic acids is 1. The highest BCUT2D eigenvalue weighted by molar-refractivity contribution is 7.90.